The first-order chi connectivity index (χ1) is 9.53. The second-order valence-electron chi connectivity index (χ2n) is 4.79. The van der Waals surface area contributed by atoms with Gasteiger partial charge in [-0.1, -0.05) is 0 Å². The smallest absolute Gasteiger partial charge is 0.332 e. The summed E-state index contributed by atoms with van der Waals surface area (Å²) >= 11 is 0. The Morgan fingerprint density at radius 3 is 2.70 bits per heavy atom. The lowest BCUT2D eigenvalue weighted by Gasteiger charge is -2.25. The predicted molar refractivity (Wildman–Crippen MR) is 70.1 cm³/mol. The number of carboxylic acids is 1. The summed E-state index contributed by atoms with van der Waals surface area (Å²) in [4.78, 5) is 27.1. The van der Waals surface area contributed by atoms with E-state index >= 15 is 0 Å². The molecule has 2 heterocycles. The van der Waals surface area contributed by atoms with Crippen LogP contribution in [-0.4, -0.2) is 40.8 Å². The van der Waals surface area contributed by atoms with Gasteiger partial charge in [0.25, 0.3) is 0 Å². The van der Waals surface area contributed by atoms with Crippen LogP contribution in [0.4, 0.5) is 4.79 Å². The largest absolute Gasteiger partial charge is 0.479 e. The number of nitrogens with one attached hydrogen (secondary N) is 2. The Bertz CT molecular complexity index is 486. The molecular formula is C13H17N3O4. The minimum atomic E-state index is -1.33. The van der Waals surface area contributed by atoms with Crippen LogP contribution >= 0.6 is 0 Å². The molecule has 1 aromatic heterocycles. The Kier molecular flexibility index (Phi) is 4.19. The van der Waals surface area contributed by atoms with Crippen LogP contribution < -0.4 is 10.6 Å². The molecule has 1 saturated heterocycles. The van der Waals surface area contributed by atoms with Crippen LogP contribution in [0.2, 0.25) is 0 Å². The van der Waals surface area contributed by atoms with Crippen molar-refractivity contribution in [2.75, 3.05) is 13.2 Å². The fraction of sp³-hybridized carbons (Fsp3) is 0.462. The standard InChI is InChI=1S/C13H17N3O4/c1-9(10-2-5-14-6-3-10)15-12(19)16-13(11(17)18)4-7-20-8-13/h2-3,5-6,9H,4,7-8H2,1H3,(H,17,18)(H2,15,16,19). The highest BCUT2D eigenvalue weighted by atomic mass is 16.5. The molecule has 1 fully saturated rings. The predicted octanol–water partition coefficient (Wildman–Crippen LogP) is 0.685. The Balaban J connectivity index is 1.97. The van der Waals surface area contributed by atoms with Crippen molar-refractivity contribution in [2.24, 2.45) is 0 Å². The lowest BCUT2D eigenvalue weighted by molar-refractivity contribution is -0.144. The highest BCUT2D eigenvalue weighted by Gasteiger charge is 2.44. The molecule has 7 nitrogen and oxygen atoms in total. The minimum absolute atomic E-state index is 0.0145. The second kappa shape index (κ2) is 5.87. The summed E-state index contributed by atoms with van der Waals surface area (Å²) in [5.74, 6) is -1.08. The fourth-order valence-corrected chi connectivity index (χ4v) is 2.07. The molecule has 0 aromatic carbocycles. The van der Waals surface area contributed by atoms with E-state index in [2.05, 4.69) is 15.6 Å². The number of hydrogen-bond donors (Lipinski definition) is 3. The molecule has 0 spiro atoms. The third kappa shape index (κ3) is 3.05. The van der Waals surface area contributed by atoms with E-state index in [9.17, 15) is 14.7 Å². The number of carbonyl (C=O) groups excluding carboxylic acids is 1. The molecule has 1 aromatic rings. The van der Waals surface area contributed by atoms with Crippen LogP contribution in [0.3, 0.4) is 0 Å². The molecule has 1 aliphatic rings. The molecule has 2 atom stereocenters. The molecule has 1 aliphatic heterocycles. The first-order valence-corrected chi connectivity index (χ1v) is 6.33. The number of aromatic nitrogens is 1. The Morgan fingerprint density at radius 2 is 2.15 bits per heavy atom. The Hall–Kier alpha value is -2.15. The number of ether oxygens (including phenoxy) is 1. The van der Waals surface area contributed by atoms with Crippen LogP contribution in [0.1, 0.15) is 24.9 Å². The van der Waals surface area contributed by atoms with Gasteiger partial charge in [-0.25, -0.2) is 9.59 Å². The summed E-state index contributed by atoms with van der Waals surface area (Å²) in [6, 6.07) is 2.81. The van der Waals surface area contributed by atoms with Gasteiger partial charge in [-0.3, -0.25) is 4.98 Å². The minimum Gasteiger partial charge on any atom is -0.479 e. The summed E-state index contributed by atoms with van der Waals surface area (Å²) in [6.45, 7) is 2.12. The zero-order valence-corrected chi connectivity index (χ0v) is 11.1. The summed E-state index contributed by atoms with van der Waals surface area (Å²) < 4.78 is 5.08. The molecule has 108 valence electrons. The van der Waals surface area contributed by atoms with Crippen LogP contribution in [0.15, 0.2) is 24.5 Å². The van der Waals surface area contributed by atoms with Gasteiger partial charge in [0.2, 0.25) is 0 Å². The molecule has 2 unspecified atom stereocenters. The van der Waals surface area contributed by atoms with Gasteiger partial charge in [-0.05, 0) is 24.6 Å². The number of urea groups is 1. The first-order valence-electron chi connectivity index (χ1n) is 6.33. The van der Waals surface area contributed by atoms with E-state index in [1.54, 1.807) is 24.5 Å². The molecular weight excluding hydrogens is 262 g/mol. The first kappa shape index (κ1) is 14.3. The van der Waals surface area contributed by atoms with Crippen molar-refractivity contribution >= 4 is 12.0 Å². The molecule has 20 heavy (non-hydrogen) atoms. The van der Waals surface area contributed by atoms with Crippen molar-refractivity contribution in [3.63, 3.8) is 0 Å². The van der Waals surface area contributed by atoms with Crippen molar-refractivity contribution < 1.29 is 19.4 Å². The average molecular weight is 279 g/mol. The van der Waals surface area contributed by atoms with Gasteiger partial charge < -0.3 is 20.5 Å². The zero-order chi connectivity index (χ0) is 14.6. The van der Waals surface area contributed by atoms with Crippen LogP contribution in [0.5, 0.6) is 0 Å². The van der Waals surface area contributed by atoms with Gasteiger partial charge in [0, 0.05) is 25.4 Å². The van der Waals surface area contributed by atoms with E-state index < -0.39 is 17.5 Å². The van der Waals surface area contributed by atoms with Crippen molar-refractivity contribution in [1.82, 2.24) is 15.6 Å². The molecule has 2 amide bonds. The summed E-state index contributed by atoms with van der Waals surface area (Å²) in [6.07, 6.45) is 3.53. The van der Waals surface area contributed by atoms with E-state index in [0.29, 0.717) is 6.61 Å². The molecule has 0 saturated carbocycles. The van der Waals surface area contributed by atoms with E-state index in [0.717, 1.165) is 5.56 Å². The maximum atomic E-state index is 11.9. The summed E-state index contributed by atoms with van der Waals surface area (Å²) in [7, 11) is 0. The number of pyridine rings is 1. The molecule has 7 heteroatoms. The molecule has 0 aliphatic carbocycles. The van der Waals surface area contributed by atoms with Crippen molar-refractivity contribution in [2.45, 2.75) is 24.9 Å². The molecule has 3 N–H and O–H groups in total. The van der Waals surface area contributed by atoms with Gasteiger partial charge in [0.15, 0.2) is 5.54 Å². The van der Waals surface area contributed by atoms with E-state index in [1.807, 2.05) is 6.92 Å². The average Bonchev–Trinajstić information content (AvgIpc) is 2.89. The monoisotopic (exact) mass is 279 g/mol. The Labute approximate surface area is 116 Å². The quantitative estimate of drug-likeness (QED) is 0.752. The zero-order valence-electron chi connectivity index (χ0n) is 11.1. The van der Waals surface area contributed by atoms with Crippen molar-refractivity contribution in [3.8, 4) is 0 Å². The highest BCUT2D eigenvalue weighted by molar-refractivity contribution is 5.86. The summed E-state index contributed by atoms with van der Waals surface area (Å²) in [5, 5.41) is 14.4. The maximum Gasteiger partial charge on any atom is 0.332 e. The molecule has 2 rings (SSSR count). The van der Waals surface area contributed by atoms with Crippen LogP contribution in [0.25, 0.3) is 0 Å². The maximum absolute atomic E-state index is 11.9. The number of carboxylic acid groups (broad SMARTS) is 1. The van der Waals surface area contributed by atoms with Gasteiger partial charge in [-0.15, -0.1) is 0 Å². The van der Waals surface area contributed by atoms with Gasteiger partial charge in [0.1, 0.15) is 0 Å². The molecule has 0 radical (unpaired) electrons. The highest BCUT2D eigenvalue weighted by Crippen LogP contribution is 2.19. The lowest BCUT2D eigenvalue weighted by atomic mass is 9.99. The van der Waals surface area contributed by atoms with Gasteiger partial charge >= 0.3 is 12.0 Å². The van der Waals surface area contributed by atoms with Crippen molar-refractivity contribution in [1.29, 1.82) is 0 Å². The third-order valence-corrected chi connectivity index (χ3v) is 3.34. The normalized spacial score (nSPS) is 23.1. The number of nitrogens with zero attached hydrogens (tertiary/aromatic N) is 1. The van der Waals surface area contributed by atoms with E-state index in [4.69, 9.17) is 4.74 Å². The van der Waals surface area contributed by atoms with E-state index in [1.165, 1.54) is 0 Å². The van der Waals surface area contributed by atoms with Crippen LogP contribution in [-0.2, 0) is 9.53 Å². The molecule has 0 bridgehead atoms. The summed E-state index contributed by atoms with van der Waals surface area (Å²) in [5.41, 5.74) is -0.440. The van der Waals surface area contributed by atoms with Crippen molar-refractivity contribution in [3.05, 3.63) is 30.1 Å². The van der Waals surface area contributed by atoms with Gasteiger partial charge in [0.05, 0.1) is 12.6 Å². The lowest BCUT2D eigenvalue weighted by Crippen LogP contribution is -2.57. The van der Waals surface area contributed by atoms with Crippen LogP contribution in [0, 0.1) is 0 Å². The Morgan fingerprint density at radius 1 is 1.45 bits per heavy atom. The SMILES string of the molecule is CC(NC(=O)NC1(C(=O)O)CCOC1)c1ccncc1. The number of amides is 2. The fourth-order valence-electron chi connectivity index (χ4n) is 2.07. The number of hydrogen-bond acceptors (Lipinski definition) is 4. The number of aliphatic carboxylic acids is 1. The number of rotatable bonds is 4. The second-order valence-corrected chi connectivity index (χ2v) is 4.79. The third-order valence-electron chi connectivity index (χ3n) is 3.34. The van der Waals surface area contributed by atoms with Gasteiger partial charge in [-0.2, -0.15) is 0 Å². The van der Waals surface area contributed by atoms with E-state index in [-0.39, 0.29) is 19.1 Å². The topological polar surface area (TPSA) is 101 Å². The number of carbonyl (C=O) groups is 2.